The van der Waals surface area contributed by atoms with Crippen LogP contribution in [-0.2, 0) is 4.79 Å². The number of carbonyl (C=O) groups excluding carboxylic acids is 1. The standard InChI is InChI=1S/C23H32N2O3/c1-4-7-8-9-15-27-21-16-24-22(25-17-21)19-11-13-20(14-12-19)28-23(26)18(6-3)10-5-2/h11-14,16-18H,4-10,15H2,1-3H3. The van der Waals surface area contributed by atoms with E-state index in [-0.39, 0.29) is 11.9 Å². The Labute approximate surface area is 168 Å². The molecular weight excluding hydrogens is 352 g/mol. The quantitative estimate of drug-likeness (QED) is 0.261. The maximum Gasteiger partial charge on any atom is 0.314 e. The van der Waals surface area contributed by atoms with Crippen LogP contribution >= 0.6 is 0 Å². The summed E-state index contributed by atoms with van der Waals surface area (Å²) < 4.78 is 11.2. The molecule has 0 N–H and O–H groups in total. The van der Waals surface area contributed by atoms with E-state index >= 15 is 0 Å². The van der Waals surface area contributed by atoms with Crippen molar-refractivity contribution in [1.29, 1.82) is 0 Å². The summed E-state index contributed by atoms with van der Waals surface area (Å²) in [6, 6.07) is 7.30. The van der Waals surface area contributed by atoms with Crippen molar-refractivity contribution in [1.82, 2.24) is 9.97 Å². The Kier molecular flexibility index (Phi) is 9.46. The molecule has 5 nitrogen and oxygen atoms in total. The zero-order valence-electron chi connectivity index (χ0n) is 17.3. The van der Waals surface area contributed by atoms with Crippen LogP contribution in [0, 0.1) is 5.92 Å². The maximum atomic E-state index is 12.2. The van der Waals surface area contributed by atoms with Crippen molar-refractivity contribution in [3.05, 3.63) is 36.7 Å². The van der Waals surface area contributed by atoms with E-state index in [4.69, 9.17) is 9.47 Å². The third-order valence-electron chi connectivity index (χ3n) is 4.69. The highest BCUT2D eigenvalue weighted by atomic mass is 16.5. The normalized spacial score (nSPS) is 11.8. The van der Waals surface area contributed by atoms with Crippen LogP contribution in [0.15, 0.2) is 36.7 Å². The molecule has 0 radical (unpaired) electrons. The smallest absolute Gasteiger partial charge is 0.314 e. The Hall–Kier alpha value is -2.43. The van der Waals surface area contributed by atoms with Crippen molar-refractivity contribution in [2.45, 2.75) is 65.7 Å². The Balaban J connectivity index is 1.89. The van der Waals surface area contributed by atoms with Crippen LogP contribution in [0.3, 0.4) is 0 Å². The number of unbranched alkanes of at least 4 members (excludes halogenated alkanes) is 3. The lowest BCUT2D eigenvalue weighted by atomic mass is 10.0. The van der Waals surface area contributed by atoms with E-state index in [0.29, 0.717) is 23.9 Å². The fourth-order valence-corrected chi connectivity index (χ4v) is 2.97. The number of benzene rings is 1. The summed E-state index contributed by atoms with van der Waals surface area (Å²) >= 11 is 0. The number of ether oxygens (including phenoxy) is 2. The van der Waals surface area contributed by atoms with Gasteiger partial charge in [0, 0.05) is 5.56 Å². The molecule has 1 heterocycles. The SMILES string of the molecule is CCCCCCOc1cnc(-c2ccc(OC(=O)C(CC)CCC)cc2)nc1. The lowest BCUT2D eigenvalue weighted by molar-refractivity contribution is -0.139. The minimum atomic E-state index is -0.159. The maximum absolute atomic E-state index is 12.2. The van der Waals surface area contributed by atoms with Crippen molar-refractivity contribution in [3.63, 3.8) is 0 Å². The molecule has 0 bridgehead atoms. The molecule has 0 amide bonds. The molecule has 0 aliphatic rings. The Morgan fingerprint density at radius 3 is 2.25 bits per heavy atom. The average molecular weight is 385 g/mol. The van der Waals surface area contributed by atoms with Crippen LogP contribution in [0.2, 0.25) is 0 Å². The van der Waals surface area contributed by atoms with Crippen LogP contribution in [0.4, 0.5) is 0 Å². The van der Waals surface area contributed by atoms with E-state index in [1.807, 2.05) is 19.1 Å². The summed E-state index contributed by atoms with van der Waals surface area (Å²) in [7, 11) is 0. The molecule has 0 fully saturated rings. The zero-order valence-corrected chi connectivity index (χ0v) is 17.3. The van der Waals surface area contributed by atoms with E-state index in [1.165, 1.54) is 19.3 Å². The molecule has 1 atom stereocenters. The Morgan fingerprint density at radius 1 is 0.929 bits per heavy atom. The van der Waals surface area contributed by atoms with Crippen molar-refractivity contribution in [2.75, 3.05) is 6.61 Å². The van der Waals surface area contributed by atoms with Gasteiger partial charge in [-0.15, -0.1) is 0 Å². The first-order chi connectivity index (χ1) is 13.7. The molecule has 1 aromatic carbocycles. The van der Waals surface area contributed by atoms with E-state index in [1.54, 1.807) is 24.5 Å². The fourth-order valence-electron chi connectivity index (χ4n) is 2.97. The number of hydrogen-bond donors (Lipinski definition) is 0. The first-order valence-electron chi connectivity index (χ1n) is 10.4. The topological polar surface area (TPSA) is 61.3 Å². The molecule has 0 spiro atoms. The predicted octanol–water partition coefficient (Wildman–Crippen LogP) is 5.83. The van der Waals surface area contributed by atoms with Gasteiger partial charge in [0.1, 0.15) is 5.75 Å². The minimum absolute atomic E-state index is 0.0393. The van der Waals surface area contributed by atoms with Gasteiger partial charge < -0.3 is 9.47 Å². The van der Waals surface area contributed by atoms with Crippen molar-refractivity contribution < 1.29 is 14.3 Å². The van der Waals surface area contributed by atoms with Gasteiger partial charge in [-0.2, -0.15) is 0 Å². The van der Waals surface area contributed by atoms with Crippen LogP contribution in [0.5, 0.6) is 11.5 Å². The fraction of sp³-hybridized carbons (Fsp3) is 0.522. The van der Waals surface area contributed by atoms with Gasteiger partial charge in [-0.3, -0.25) is 4.79 Å². The molecule has 2 rings (SSSR count). The second-order valence-electron chi connectivity index (χ2n) is 6.99. The van der Waals surface area contributed by atoms with Gasteiger partial charge in [0.05, 0.1) is 24.9 Å². The van der Waals surface area contributed by atoms with Crippen LogP contribution in [-0.4, -0.2) is 22.5 Å². The van der Waals surface area contributed by atoms with Gasteiger partial charge in [-0.05, 0) is 43.5 Å². The summed E-state index contributed by atoms with van der Waals surface area (Å²) in [5, 5.41) is 0. The molecule has 2 aromatic rings. The van der Waals surface area contributed by atoms with Crippen LogP contribution < -0.4 is 9.47 Å². The molecule has 0 aliphatic carbocycles. The lowest BCUT2D eigenvalue weighted by Gasteiger charge is -2.13. The summed E-state index contributed by atoms with van der Waals surface area (Å²) in [5.41, 5.74) is 0.870. The van der Waals surface area contributed by atoms with Gasteiger partial charge in [0.25, 0.3) is 0 Å². The van der Waals surface area contributed by atoms with Crippen LogP contribution in [0.1, 0.15) is 65.7 Å². The third kappa shape index (κ3) is 6.95. The number of hydrogen-bond acceptors (Lipinski definition) is 5. The number of nitrogens with zero attached hydrogens (tertiary/aromatic N) is 2. The molecule has 28 heavy (non-hydrogen) atoms. The van der Waals surface area contributed by atoms with E-state index < -0.39 is 0 Å². The molecule has 5 heteroatoms. The van der Waals surface area contributed by atoms with Gasteiger partial charge in [0.2, 0.25) is 0 Å². The van der Waals surface area contributed by atoms with E-state index in [2.05, 4.69) is 23.8 Å². The number of rotatable bonds is 12. The predicted molar refractivity (Wildman–Crippen MR) is 111 cm³/mol. The molecular formula is C23H32N2O3. The van der Waals surface area contributed by atoms with Crippen LogP contribution in [0.25, 0.3) is 11.4 Å². The monoisotopic (exact) mass is 384 g/mol. The molecule has 1 unspecified atom stereocenters. The highest BCUT2D eigenvalue weighted by Gasteiger charge is 2.17. The first-order valence-corrected chi connectivity index (χ1v) is 10.4. The average Bonchev–Trinajstić information content (AvgIpc) is 2.73. The Morgan fingerprint density at radius 2 is 1.64 bits per heavy atom. The summed E-state index contributed by atoms with van der Waals surface area (Å²) in [6.45, 7) is 6.98. The third-order valence-corrected chi connectivity index (χ3v) is 4.69. The van der Waals surface area contributed by atoms with Crippen molar-refractivity contribution in [3.8, 4) is 22.9 Å². The van der Waals surface area contributed by atoms with E-state index in [9.17, 15) is 4.79 Å². The molecule has 0 aliphatic heterocycles. The summed E-state index contributed by atoms with van der Waals surface area (Å²) in [6.07, 6.45) is 10.7. The Bertz CT molecular complexity index is 699. The molecule has 0 saturated heterocycles. The van der Waals surface area contributed by atoms with Gasteiger partial charge in [0.15, 0.2) is 11.6 Å². The molecule has 1 aromatic heterocycles. The minimum Gasteiger partial charge on any atom is -0.490 e. The second-order valence-corrected chi connectivity index (χ2v) is 6.99. The zero-order chi connectivity index (χ0) is 20.2. The number of carbonyl (C=O) groups is 1. The molecule has 152 valence electrons. The number of esters is 1. The first kappa shape index (κ1) is 21.9. The van der Waals surface area contributed by atoms with Crippen molar-refractivity contribution >= 4 is 5.97 Å². The largest absolute Gasteiger partial charge is 0.490 e. The highest BCUT2D eigenvalue weighted by molar-refractivity contribution is 5.75. The summed E-state index contributed by atoms with van der Waals surface area (Å²) in [5.74, 6) is 1.66. The summed E-state index contributed by atoms with van der Waals surface area (Å²) in [4.78, 5) is 21.0. The van der Waals surface area contributed by atoms with Gasteiger partial charge in [-0.1, -0.05) is 46.5 Å². The molecule has 0 saturated carbocycles. The highest BCUT2D eigenvalue weighted by Crippen LogP contribution is 2.22. The lowest BCUT2D eigenvalue weighted by Crippen LogP contribution is -2.19. The second kappa shape index (κ2) is 12.1. The van der Waals surface area contributed by atoms with E-state index in [0.717, 1.165) is 31.2 Å². The van der Waals surface area contributed by atoms with Gasteiger partial charge in [-0.25, -0.2) is 9.97 Å². The van der Waals surface area contributed by atoms with Gasteiger partial charge >= 0.3 is 5.97 Å². The number of aromatic nitrogens is 2. The van der Waals surface area contributed by atoms with Crippen molar-refractivity contribution in [2.24, 2.45) is 5.92 Å².